The van der Waals surface area contributed by atoms with Crippen molar-refractivity contribution in [2.45, 2.75) is 32.2 Å². The van der Waals surface area contributed by atoms with Crippen molar-refractivity contribution >= 4 is 34.0 Å². The normalized spacial score (nSPS) is 17.7. The van der Waals surface area contributed by atoms with Gasteiger partial charge in [0, 0.05) is 12.1 Å². The average Bonchev–Trinajstić information content (AvgIpc) is 3.35. The second-order valence-corrected chi connectivity index (χ2v) is 9.07. The van der Waals surface area contributed by atoms with Gasteiger partial charge in [0.25, 0.3) is 0 Å². The number of piperidine rings is 1. The van der Waals surface area contributed by atoms with Crippen molar-refractivity contribution in [1.82, 2.24) is 10.2 Å². The lowest BCUT2D eigenvalue weighted by Gasteiger charge is -2.41. The first-order valence-corrected chi connectivity index (χ1v) is 12.1. The summed E-state index contributed by atoms with van der Waals surface area (Å²) < 4.78 is 16.2. The molecule has 0 unspecified atom stereocenters. The van der Waals surface area contributed by atoms with Gasteiger partial charge < -0.3 is 24.4 Å². The van der Waals surface area contributed by atoms with Crippen LogP contribution >= 0.6 is 11.3 Å². The highest BCUT2D eigenvalue weighted by molar-refractivity contribution is 7.15. The Morgan fingerprint density at radius 1 is 1.06 bits per heavy atom. The molecule has 1 aliphatic heterocycles. The Kier molecular flexibility index (Phi) is 7.50. The van der Waals surface area contributed by atoms with Gasteiger partial charge in [0.2, 0.25) is 16.9 Å². The summed E-state index contributed by atoms with van der Waals surface area (Å²) in [6, 6.07) is 12.1. The fourth-order valence-electron chi connectivity index (χ4n) is 4.28. The predicted molar refractivity (Wildman–Crippen MR) is 133 cm³/mol. The van der Waals surface area contributed by atoms with Gasteiger partial charge in [-0.25, -0.2) is 0 Å². The predicted octanol–water partition coefficient (Wildman–Crippen LogP) is 4.25. The van der Waals surface area contributed by atoms with Crippen molar-refractivity contribution in [3.05, 3.63) is 53.0 Å². The zero-order valence-corrected chi connectivity index (χ0v) is 20.9. The van der Waals surface area contributed by atoms with E-state index in [1.807, 2.05) is 31.2 Å². The monoisotopic (exact) mass is 496 g/mol. The first-order valence-electron chi connectivity index (χ1n) is 11.3. The third-order valence-corrected chi connectivity index (χ3v) is 7.02. The van der Waals surface area contributed by atoms with Crippen molar-refractivity contribution in [3.63, 3.8) is 0 Å². The molecule has 10 heteroatoms. The number of ether oxygens (including phenoxy) is 3. The third kappa shape index (κ3) is 5.07. The van der Waals surface area contributed by atoms with E-state index >= 15 is 0 Å². The SMILES string of the molecule is CCc1nnc(NC(=O)[C@@H]2CCC(=O)N(c3ccc(OC)cc3)[C@H]2c2ccc(OC)c(OC)c2)s1. The quantitative estimate of drug-likeness (QED) is 0.497. The summed E-state index contributed by atoms with van der Waals surface area (Å²) in [7, 11) is 4.71. The van der Waals surface area contributed by atoms with Gasteiger partial charge in [-0.3, -0.25) is 9.59 Å². The van der Waals surface area contributed by atoms with Gasteiger partial charge >= 0.3 is 0 Å². The maximum atomic E-state index is 13.5. The lowest BCUT2D eigenvalue weighted by Crippen LogP contribution is -2.47. The summed E-state index contributed by atoms with van der Waals surface area (Å²) >= 11 is 1.35. The number of hydrogen-bond donors (Lipinski definition) is 1. The summed E-state index contributed by atoms with van der Waals surface area (Å²) in [5.74, 6) is 0.961. The standard InChI is InChI=1S/C25H28N4O5S/c1-5-21-27-28-25(35-21)26-24(31)18-11-13-22(30)29(16-7-9-17(32-2)10-8-16)23(18)15-6-12-19(33-3)20(14-15)34-4/h6-10,12,14,18,23H,5,11,13H2,1-4H3,(H,26,28,31)/t18-,23+/m1/s1. The number of hydrogen-bond acceptors (Lipinski definition) is 8. The lowest BCUT2D eigenvalue weighted by molar-refractivity contribution is -0.125. The van der Waals surface area contributed by atoms with Crippen LogP contribution in [0.25, 0.3) is 0 Å². The number of nitrogens with one attached hydrogen (secondary N) is 1. The summed E-state index contributed by atoms with van der Waals surface area (Å²) in [6.07, 6.45) is 1.38. The van der Waals surface area contributed by atoms with E-state index in [0.29, 0.717) is 34.5 Å². The van der Waals surface area contributed by atoms with Crippen LogP contribution in [0, 0.1) is 5.92 Å². The Labute approximate surface area is 208 Å². The molecule has 2 aromatic carbocycles. The Bertz CT molecular complexity index is 1200. The van der Waals surface area contributed by atoms with Crippen molar-refractivity contribution in [2.24, 2.45) is 5.92 Å². The van der Waals surface area contributed by atoms with Crippen LogP contribution in [0.4, 0.5) is 10.8 Å². The van der Waals surface area contributed by atoms with Crippen molar-refractivity contribution in [2.75, 3.05) is 31.5 Å². The largest absolute Gasteiger partial charge is 0.497 e. The smallest absolute Gasteiger partial charge is 0.231 e. The van der Waals surface area contributed by atoms with E-state index in [9.17, 15) is 9.59 Å². The molecule has 1 N–H and O–H groups in total. The highest BCUT2D eigenvalue weighted by atomic mass is 32.1. The number of carbonyl (C=O) groups is 2. The van der Waals surface area contributed by atoms with Gasteiger partial charge in [-0.05, 0) is 54.8 Å². The topological polar surface area (TPSA) is 103 Å². The molecule has 35 heavy (non-hydrogen) atoms. The van der Waals surface area contributed by atoms with Crippen LogP contribution in [0.2, 0.25) is 0 Å². The van der Waals surface area contributed by atoms with Crippen LogP contribution < -0.4 is 24.4 Å². The number of methoxy groups -OCH3 is 3. The molecule has 1 saturated heterocycles. The summed E-state index contributed by atoms with van der Waals surface area (Å²) in [5.41, 5.74) is 1.44. The molecule has 0 radical (unpaired) electrons. The van der Waals surface area contributed by atoms with E-state index in [-0.39, 0.29) is 18.2 Å². The number of benzene rings is 2. The molecule has 0 aliphatic carbocycles. The van der Waals surface area contributed by atoms with Gasteiger partial charge in [-0.2, -0.15) is 0 Å². The average molecular weight is 497 g/mol. The minimum Gasteiger partial charge on any atom is -0.497 e. The van der Waals surface area contributed by atoms with Crippen LogP contribution in [0.3, 0.4) is 0 Å². The van der Waals surface area contributed by atoms with Gasteiger partial charge in [0.1, 0.15) is 10.8 Å². The Morgan fingerprint density at radius 3 is 2.43 bits per heavy atom. The van der Waals surface area contributed by atoms with Gasteiger partial charge in [0.15, 0.2) is 11.5 Å². The Hall–Kier alpha value is -3.66. The van der Waals surface area contributed by atoms with E-state index in [4.69, 9.17) is 14.2 Å². The molecule has 0 bridgehead atoms. The molecule has 0 spiro atoms. The molecular formula is C25H28N4O5S. The number of aromatic nitrogens is 2. The van der Waals surface area contributed by atoms with Crippen LogP contribution in [0.1, 0.15) is 36.4 Å². The zero-order chi connectivity index (χ0) is 24.9. The Morgan fingerprint density at radius 2 is 1.80 bits per heavy atom. The summed E-state index contributed by atoms with van der Waals surface area (Å²) in [5, 5.41) is 12.4. The third-order valence-electron chi connectivity index (χ3n) is 6.03. The number of aryl methyl sites for hydroxylation is 1. The molecule has 9 nitrogen and oxygen atoms in total. The molecule has 1 aliphatic rings. The van der Waals surface area contributed by atoms with E-state index < -0.39 is 12.0 Å². The maximum absolute atomic E-state index is 13.5. The number of amides is 2. The fraction of sp³-hybridized carbons (Fsp3) is 0.360. The molecular weight excluding hydrogens is 468 g/mol. The molecule has 2 amide bonds. The van der Waals surface area contributed by atoms with Crippen LogP contribution in [-0.4, -0.2) is 43.3 Å². The minimum absolute atomic E-state index is 0.0665. The summed E-state index contributed by atoms with van der Waals surface area (Å²) in [6.45, 7) is 1.98. The van der Waals surface area contributed by atoms with Crippen molar-refractivity contribution < 1.29 is 23.8 Å². The molecule has 2 heterocycles. The highest BCUT2D eigenvalue weighted by Crippen LogP contribution is 2.43. The molecule has 1 aromatic heterocycles. The van der Waals surface area contributed by atoms with Crippen molar-refractivity contribution in [3.8, 4) is 17.2 Å². The molecule has 2 atom stereocenters. The first kappa shape index (κ1) is 24.5. The first-order chi connectivity index (χ1) is 17.0. The number of anilines is 2. The van der Waals surface area contributed by atoms with Gasteiger partial charge in [0.05, 0.1) is 33.3 Å². The highest BCUT2D eigenvalue weighted by Gasteiger charge is 2.42. The molecule has 3 aromatic rings. The summed E-state index contributed by atoms with van der Waals surface area (Å²) in [4.78, 5) is 28.5. The number of carbonyl (C=O) groups excluding carboxylic acids is 2. The van der Waals surface area contributed by atoms with E-state index in [1.165, 1.54) is 11.3 Å². The second-order valence-electron chi connectivity index (χ2n) is 8.01. The fourth-order valence-corrected chi connectivity index (χ4v) is 4.96. The van der Waals surface area contributed by atoms with Crippen molar-refractivity contribution in [1.29, 1.82) is 0 Å². The maximum Gasteiger partial charge on any atom is 0.231 e. The number of nitrogens with zero attached hydrogens (tertiary/aromatic N) is 3. The van der Waals surface area contributed by atoms with E-state index in [0.717, 1.165) is 17.0 Å². The van der Waals surface area contributed by atoms with E-state index in [1.54, 1.807) is 44.4 Å². The molecule has 1 fully saturated rings. The van der Waals surface area contributed by atoms with Gasteiger partial charge in [-0.15, -0.1) is 10.2 Å². The lowest BCUT2D eigenvalue weighted by atomic mass is 9.83. The van der Waals surface area contributed by atoms with Crippen LogP contribution in [0.15, 0.2) is 42.5 Å². The molecule has 184 valence electrons. The van der Waals surface area contributed by atoms with Gasteiger partial charge in [-0.1, -0.05) is 24.3 Å². The van der Waals surface area contributed by atoms with Crippen LogP contribution in [-0.2, 0) is 16.0 Å². The molecule has 4 rings (SSSR count). The Balaban J connectivity index is 1.76. The number of rotatable bonds is 8. The van der Waals surface area contributed by atoms with Crippen LogP contribution in [0.5, 0.6) is 17.2 Å². The minimum atomic E-state index is -0.567. The zero-order valence-electron chi connectivity index (χ0n) is 20.1. The van der Waals surface area contributed by atoms with E-state index in [2.05, 4.69) is 15.5 Å². The molecule has 0 saturated carbocycles. The second kappa shape index (κ2) is 10.7.